The average molecular weight is 295 g/mol. The van der Waals surface area contributed by atoms with Crippen LogP contribution in [0.5, 0.6) is 0 Å². The molecule has 1 atom stereocenters. The van der Waals surface area contributed by atoms with Crippen LogP contribution in [-0.4, -0.2) is 27.3 Å². The Bertz CT molecular complexity index is 719. The summed E-state index contributed by atoms with van der Waals surface area (Å²) in [5.74, 6) is 1.38. The molecule has 4 nitrogen and oxygen atoms in total. The van der Waals surface area contributed by atoms with Crippen molar-refractivity contribution in [1.29, 1.82) is 0 Å². The molecule has 0 fully saturated rings. The first-order valence-electron chi connectivity index (χ1n) is 8.10. The van der Waals surface area contributed by atoms with Gasteiger partial charge in [-0.05, 0) is 37.3 Å². The number of carbonyl (C=O) groups excluding carboxylic acids is 1. The lowest BCUT2D eigenvalue weighted by atomic mass is 9.88. The maximum absolute atomic E-state index is 12.9. The summed E-state index contributed by atoms with van der Waals surface area (Å²) >= 11 is 0. The number of fused-ring (bicyclic) bond motifs is 2. The predicted molar refractivity (Wildman–Crippen MR) is 84.4 cm³/mol. The lowest BCUT2D eigenvalue weighted by Gasteiger charge is -2.33. The van der Waals surface area contributed by atoms with Gasteiger partial charge in [0, 0.05) is 31.1 Å². The number of H-pyrrole nitrogens is 1. The van der Waals surface area contributed by atoms with E-state index in [-0.39, 0.29) is 5.92 Å². The molecular weight excluding hydrogens is 274 g/mol. The van der Waals surface area contributed by atoms with E-state index in [1.165, 1.54) is 16.8 Å². The van der Waals surface area contributed by atoms with Gasteiger partial charge in [0.05, 0.1) is 5.69 Å². The van der Waals surface area contributed by atoms with Crippen molar-refractivity contribution in [3.63, 3.8) is 0 Å². The standard InChI is InChI=1S/C18H21N3O/c1-12-19-16-7-6-14(10-17(16)20-12)18(22)21-9-8-13-4-2-3-5-15(13)11-21/h2-5,14H,6-11H2,1H3,(H,19,20). The lowest BCUT2D eigenvalue weighted by Crippen LogP contribution is -2.41. The van der Waals surface area contributed by atoms with Gasteiger partial charge in [-0.25, -0.2) is 4.98 Å². The monoisotopic (exact) mass is 295 g/mol. The second-order valence-electron chi connectivity index (χ2n) is 6.47. The van der Waals surface area contributed by atoms with Crippen molar-refractivity contribution in [3.05, 3.63) is 52.6 Å². The van der Waals surface area contributed by atoms with Crippen LogP contribution in [0.4, 0.5) is 0 Å². The molecule has 4 rings (SSSR count). The number of nitrogens with one attached hydrogen (secondary N) is 1. The zero-order valence-corrected chi connectivity index (χ0v) is 12.9. The SMILES string of the molecule is Cc1nc2c([nH]1)CC(C(=O)N1CCc3ccccc3C1)CC2. The molecule has 0 saturated carbocycles. The van der Waals surface area contributed by atoms with Crippen LogP contribution in [0.3, 0.4) is 0 Å². The van der Waals surface area contributed by atoms with Crippen molar-refractivity contribution >= 4 is 5.91 Å². The Morgan fingerprint density at radius 3 is 2.95 bits per heavy atom. The third-order valence-electron chi connectivity index (χ3n) is 4.95. The van der Waals surface area contributed by atoms with Crippen molar-refractivity contribution < 1.29 is 4.79 Å². The molecule has 1 unspecified atom stereocenters. The van der Waals surface area contributed by atoms with Gasteiger partial charge in [-0.15, -0.1) is 0 Å². The van der Waals surface area contributed by atoms with Gasteiger partial charge in [0.2, 0.25) is 5.91 Å². The Balaban J connectivity index is 1.49. The molecule has 1 aromatic heterocycles. The number of carbonyl (C=O) groups is 1. The highest BCUT2D eigenvalue weighted by Gasteiger charge is 2.31. The molecular formula is C18H21N3O. The minimum absolute atomic E-state index is 0.109. The highest BCUT2D eigenvalue weighted by Crippen LogP contribution is 2.27. The van der Waals surface area contributed by atoms with Crippen molar-refractivity contribution in [2.24, 2.45) is 5.92 Å². The first kappa shape index (κ1) is 13.6. The summed E-state index contributed by atoms with van der Waals surface area (Å²) < 4.78 is 0. The molecule has 2 aliphatic rings. The highest BCUT2D eigenvalue weighted by molar-refractivity contribution is 5.79. The number of hydrogen-bond acceptors (Lipinski definition) is 2. The third-order valence-corrected chi connectivity index (χ3v) is 4.95. The van der Waals surface area contributed by atoms with Crippen LogP contribution >= 0.6 is 0 Å². The van der Waals surface area contributed by atoms with E-state index in [4.69, 9.17) is 0 Å². The molecule has 1 aliphatic heterocycles. The summed E-state index contributed by atoms with van der Waals surface area (Å²) in [6, 6.07) is 8.47. The molecule has 2 aromatic rings. The fourth-order valence-electron chi connectivity index (χ4n) is 3.78. The fraction of sp³-hybridized carbons (Fsp3) is 0.444. The van der Waals surface area contributed by atoms with Gasteiger partial charge in [-0.3, -0.25) is 4.79 Å². The summed E-state index contributed by atoms with van der Waals surface area (Å²) in [6.45, 7) is 3.60. The number of aromatic amines is 1. The Morgan fingerprint density at radius 2 is 2.09 bits per heavy atom. The molecule has 114 valence electrons. The van der Waals surface area contributed by atoms with E-state index in [0.717, 1.165) is 50.3 Å². The third kappa shape index (κ3) is 2.32. The maximum Gasteiger partial charge on any atom is 0.226 e. The summed E-state index contributed by atoms with van der Waals surface area (Å²) in [4.78, 5) is 22.7. The van der Waals surface area contributed by atoms with Gasteiger partial charge in [-0.2, -0.15) is 0 Å². The lowest BCUT2D eigenvalue weighted by molar-refractivity contribution is -0.136. The molecule has 1 N–H and O–H groups in total. The van der Waals surface area contributed by atoms with E-state index in [9.17, 15) is 4.79 Å². The molecule has 0 bridgehead atoms. The minimum atomic E-state index is 0.109. The van der Waals surface area contributed by atoms with Crippen LogP contribution < -0.4 is 0 Å². The van der Waals surface area contributed by atoms with E-state index < -0.39 is 0 Å². The van der Waals surface area contributed by atoms with Crippen LogP contribution in [0, 0.1) is 12.8 Å². The number of imidazole rings is 1. The van der Waals surface area contributed by atoms with Gasteiger partial charge in [-0.1, -0.05) is 24.3 Å². The van der Waals surface area contributed by atoms with Crippen molar-refractivity contribution in [1.82, 2.24) is 14.9 Å². The van der Waals surface area contributed by atoms with Crippen molar-refractivity contribution in [3.8, 4) is 0 Å². The Kier molecular flexibility index (Phi) is 3.25. The van der Waals surface area contributed by atoms with Crippen LogP contribution in [0.15, 0.2) is 24.3 Å². The van der Waals surface area contributed by atoms with Gasteiger partial charge in [0.1, 0.15) is 5.82 Å². The second-order valence-corrected chi connectivity index (χ2v) is 6.47. The van der Waals surface area contributed by atoms with Gasteiger partial charge in [0.15, 0.2) is 0 Å². The van der Waals surface area contributed by atoms with Gasteiger partial charge < -0.3 is 9.88 Å². The summed E-state index contributed by atoms with van der Waals surface area (Å²) in [5.41, 5.74) is 5.02. The largest absolute Gasteiger partial charge is 0.346 e. The molecule has 1 aromatic carbocycles. The number of nitrogens with zero attached hydrogens (tertiary/aromatic N) is 2. The number of rotatable bonds is 1. The molecule has 1 amide bonds. The van der Waals surface area contributed by atoms with Crippen LogP contribution in [0.25, 0.3) is 0 Å². The highest BCUT2D eigenvalue weighted by atomic mass is 16.2. The maximum atomic E-state index is 12.9. The molecule has 0 spiro atoms. The van der Waals surface area contributed by atoms with Crippen molar-refractivity contribution in [2.75, 3.05) is 6.54 Å². The number of amides is 1. The quantitative estimate of drug-likeness (QED) is 0.878. The Labute approximate surface area is 130 Å². The number of aromatic nitrogens is 2. The van der Waals surface area contributed by atoms with E-state index in [1.54, 1.807) is 0 Å². The predicted octanol–water partition coefficient (Wildman–Crippen LogP) is 2.41. The Hall–Kier alpha value is -2.10. The van der Waals surface area contributed by atoms with E-state index in [1.807, 2.05) is 11.8 Å². The van der Waals surface area contributed by atoms with Gasteiger partial charge in [0.25, 0.3) is 0 Å². The fourth-order valence-corrected chi connectivity index (χ4v) is 3.78. The molecule has 1 aliphatic carbocycles. The summed E-state index contributed by atoms with van der Waals surface area (Å²) in [6.07, 6.45) is 3.63. The van der Waals surface area contributed by atoms with Crippen molar-refractivity contribution in [2.45, 2.75) is 39.2 Å². The first-order chi connectivity index (χ1) is 10.7. The van der Waals surface area contributed by atoms with Crippen LogP contribution in [0.1, 0.15) is 34.8 Å². The van der Waals surface area contributed by atoms with Gasteiger partial charge >= 0.3 is 0 Å². The zero-order chi connectivity index (χ0) is 15.1. The van der Waals surface area contributed by atoms with Crippen LogP contribution in [0.2, 0.25) is 0 Å². The average Bonchev–Trinajstić information content (AvgIpc) is 2.92. The molecule has 22 heavy (non-hydrogen) atoms. The zero-order valence-electron chi connectivity index (χ0n) is 12.9. The number of benzene rings is 1. The first-order valence-corrected chi connectivity index (χ1v) is 8.10. The van der Waals surface area contributed by atoms with E-state index in [0.29, 0.717) is 5.91 Å². The van der Waals surface area contributed by atoms with E-state index in [2.05, 4.69) is 34.2 Å². The Morgan fingerprint density at radius 1 is 1.27 bits per heavy atom. The molecule has 0 saturated heterocycles. The molecule has 2 heterocycles. The van der Waals surface area contributed by atoms with E-state index >= 15 is 0 Å². The molecule has 4 heteroatoms. The minimum Gasteiger partial charge on any atom is -0.346 e. The normalized spacial score (nSPS) is 20.4. The topological polar surface area (TPSA) is 49.0 Å². The number of aryl methyl sites for hydroxylation is 2. The molecule has 0 radical (unpaired) electrons. The van der Waals surface area contributed by atoms with Crippen LogP contribution in [-0.2, 0) is 30.6 Å². The smallest absolute Gasteiger partial charge is 0.226 e. The number of hydrogen-bond donors (Lipinski definition) is 1. The summed E-state index contributed by atoms with van der Waals surface area (Å²) in [7, 11) is 0. The second kappa shape index (κ2) is 5.27. The summed E-state index contributed by atoms with van der Waals surface area (Å²) in [5, 5.41) is 0.